The molecular formula is C16H25NO2. The van der Waals surface area contributed by atoms with E-state index in [0.717, 1.165) is 37.9 Å². The Balaban J connectivity index is 2.03. The lowest BCUT2D eigenvalue weighted by Gasteiger charge is -2.30. The minimum atomic E-state index is -0.0932. The summed E-state index contributed by atoms with van der Waals surface area (Å²) in [5.74, 6) is 0.956. The van der Waals surface area contributed by atoms with Gasteiger partial charge < -0.3 is 15.2 Å². The molecule has 0 spiro atoms. The summed E-state index contributed by atoms with van der Waals surface area (Å²) in [7, 11) is 1.72. The summed E-state index contributed by atoms with van der Waals surface area (Å²) in [5, 5.41) is 13.3. The van der Waals surface area contributed by atoms with Gasteiger partial charge in [0, 0.05) is 17.6 Å². The van der Waals surface area contributed by atoms with Crippen LogP contribution in [0, 0.1) is 0 Å². The molecule has 3 nitrogen and oxygen atoms in total. The SMILES string of the molecule is CCC(NC1CCC(O)CC1)c1ccccc1OC. The first kappa shape index (κ1) is 14.4. The fourth-order valence-corrected chi connectivity index (χ4v) is 2.91. The third-order valence-electron chi connectivity index (χ3n) is 4.06. The van der Waals surface area contributed by atoms with Crippen molar-refractivity contribution in [2.75, 3.05) is 7.11 Å². The molecule has 3 heteroatoms. The van der Waals surface area contributed by atoms with Crippen LogP contribution in [0.1, 0.15) is 50.6 Å². The normalized spacial score (nSPS) is 25.0. The molecule has 2 rings (SSSR count). The average Bonchev–Trinajstić information content (AvgIpc) is 2.46. The van der Waals surface area contributed by atoms with Gasteiger partial charge in [0.25, 0.3) is 0 Å². The zero-order valence-corrected chi connectivity index (χ0v) is 11.9. The van der Waals surface area contributed by atoms with Gasteiger partial charge in [0.05, 0.1) is 13.2 Å². The molecule has 0 radical (unpaired) electrons. The van der Waals surface area contributed by atoms with E-state index in [1.807, 2.05) is 12.1 Å². The molecule has 0 amide bonds. The molecule has 1 aromatic rings. The van der Waals surface area contributed by atoms with Gasteiger partial charge in [-0.1, -0.05) is 25.1 Å². The Kier molecular flexibility index (Phi) is 5.23. The molecule has 0 heterocycles. The molecule has 0 saturated heterocycles. The summed E-state index contributed by atoms with van der Waals surface area (Å²) in [6.45, 7) is 2.20. The first-order chi connectivity index (χ1) is 9.24. The summed E-state index contributed by atoms with van der Waals surface area (Å²) in [4.78, 5) is 0. The maximum absolute atomic E-state index is 9.57. The number of methoxy groups -OCH3 is 1. The predicted octanol–water partition coefficient (Wildman–Crippen LogP) is 3.04. The second kappa shape index (κ2) is 6.92. The molecule has 2 N–H and O–H groups in total. The van der Waals surface area contributed by atoms with Gasteiger partial charge >= 0.3 is 0 Å². The lowest BCUT2D eigenvalue weighted by molar-refractivity contribution is 0.114. The topological polar surface area (TPSA) is 41.5 Å². The predicted molar refractivity (Wildman–Crippen MR) is 77.4 cm³/mol. The first-order valence-corrected chi connectivity index (χ1v) is 7.31. The van der Waals surface area contributed by atoms with Gasteiger partial charge in [0.2, 0.25) is 0 Å². The van der Waals surface area contributed by atoms with Crippen LogP contribution in [0.15, 0.2) is 24.3 Å². The van der Waals surface area contributed by atoms with Gasteiger partial charge in [-0.2, -0.15) is 0 Å². The third-order valence-corrected chi connectivity index (χ3v) is 4.06. The lowest BCUT2D eigenvalue weighted by Crippen LogP contribution is -2.37. The van der Waals surface area contributed by atoms with Crippen molar-refractivity contribution in [1.82, 2.24) is 5.32 Å². The van der Waals surface area contributed by atoms with Crippen molar-refractivity contribution in [3.05, 3.63) is 29.8 Å². The van der Waals surface area contributed by atoms with E-state index in [9.17, 15) is 5.11 Å². The second-order valence-electron chi connectivity index (χ2n) is 5.37. The minimum Gasteiger partial charge on any atom is -0.496 e. The molecule has 0 aromatic heterocycles. The van der Waals surface area contributed by atoms with Crippen molar-refractivity contribution in [3.63, 3.8) is 0 Å². The number of hydrogen-bond donors (Lipinski definition) is 2. The Morgan fingerprint density at radius 3 is 2.58 bits per heavy atom. The van der Waals surface area contributed by atoms with Crippen LogP contribution in [0.5, 0.6) is 5.75 Å². The Morgan fingerprint density at radius 2 is 1.95 bits per heavy atom. The van der Waals surface area contributed by atoms with Crippen LogP contribution in [0.2, 0.25) is 0 Å². The monoisotopic (exact) mass is 263 g/mol. The minimum absolute atomic E-state index is 0.0932. The van der Waals surface area contributed by atoms with Gasteiger partial charge in [-0.05, 0) is 38.2 Å². The van der Waals surface area contributed by atoms with E-state index in [1.54, 1.807) is 7.11 Å². The molecule has 1 saturated carbocycles. The number of rotatable bonds is 5. The fraction of sp³-hybridized carbons (Fsp3) is 0.625. The number of aliphatic hydroxyl groups is 1. The number of ether oxygens (including phenoxy) is 1. The second-order valence-corrected chi connectivity index (χ2v) is 5.37. The van der Waals surface area contributed by atoms with Gasteiger partial charge in [-0.3, -0.25) is 0 Å². The van der Waals surface area contributed by atoms with Crippen LogP contribution >= 0.6 is 0 Å². The Hall–Kier alpha value is -1.06. The van der Waals surface area contributed by atoms with E-state index in [-0.39, 0.29) is 6.10 Å². The highest BCUT2D eigenvalue weighted by Crippen LogP contribution is 2.29. The van der Waals surface area contributed by atoms with E-state index >= 15 is 0 Å². The fourth-order valence-electron chi connectivity index (χ4n) is 2.91. The summed E-state index contributed by atoms with van der Waals surface area (Å²) >= 11 is 0. The first-order valence-electron chi connectivity index (χ1n) is 7.31. The molecule has 1 aliphatic carbocycles. The van der Waals surface area contributed by atoms with Gasteiger partial charge in [0.1, 0.15) is 5.75 Å². The summed E-state index contributed by atoms with van der Waals surface area (Å²) < 4.78 is 5.45. The van der Waals surface area contributed by atoms with E-state index in [4.69, 9.17) is 4.74 Å². The number of aliphatic hydroxyl groups excluding tert-OH is 1. The number of nitrogens with one attached hydrogen (secondary N) is 1. The zero-order chi connectivity index (χ0) is 13.7. The molecule has 1 fully saturated rings. The van der Waals surface area contributed by atoms with Gasteiger partial charge in [-0.15, -0.1) is 0 Å². The molecule has 1 unspecified atom stereocenters. The zero-order valence-electron chi connectivity index (χ0n) is 11.9. The van der Waals surface area contributed by atoms with Gasteiger partial charge in [0.15, 0.2) is 0 Å². The lowest BCUT2D eigenvalue weighted by atomic mass is 9.91. The molecule has 0 bridgehead atoms. The van der Waals surface area contributed by atoms with Crippen molar-refractivity contribution in [2.45, 2.75) is 57.2 Å². The van der Waals surface area contributed by atoms with Crippen molar-refractivity contribution < 1.29 is 9.84 Å². The van der Waals surface area contributed by atoms with Crippen LogP contribution in [0.25, 0.3) is 0 Å². The number of benzene rings is 1. The van der Waals surface area contributed by atoms with Crippen molar-refractivity contribution >= 4 is 0 Å². The summed E-state index contributed by atoms with van der Waals surface area (Å²) in [6.07, 6.45) is 4.91. The summed E-state index contributed by atoms with van der Waals surface area (Å²) in [6, 6.07) is 9.07. The smallest absolute Gasteiger partial charge is 0.123 e. The van der Waals surface area contributed by atoms with Crippen LogP contribution in [0.4, 0.5) is 0 Å². The van der Waals surface area contributed by atoms with Crippen LogP contribution in [-0.2, 0) is 0 Å². The Bertz CT molecular complexity index is 386. The molecule has 0 aliphatic heterocycles. The number of hydrogen-bond acceptors (Lipinski definition) is 3. The quantitative estimate of drug-likeness (QED) is 0.858. The van der Waals surface area contributed by atoms with E-state index in [0.29, 0.717) is 12.1 Å². The largest absolute Gasteiger partial charge is 0.496 e. The number of para-hydroxylation sites is 1. The Labute approximate surface area is 116 Å². The molecule has 1 aromatic carbocycles. The molecule has 19 heavy (non-hydrogen) atoms. The molecule has 1 aliphatic rings. The van der Waals surface area contributed by atoms with E-state index in [2.05, 4.69) is 24.4 Å². The van der Waals surface area contributed by atoms with Crippen molar-refractivity contribution in [3.8, 4) is 5.75 Å². The van der Waals surface area contributed by atoms with Crippen LogP contribution in [0.3, 0.4) is 0 Å². The Morgan fingerprint density at radius 1 is 1.26 bits per heavy atom. The summed E-state index contributed by atoms with van der Waals surface area (Å²) in [5.41, 5.74) is 1.23. The van der Waals surface area contributed by atoms with Crippen LogP contribution in [-0.4, -0.2) is 24.4 Å². The molecule has 1 atom stereocenters. The van der Waals surface area contributed by atoms with E-state index < -0.39 is 0 Å². The highest BCUT2D eigenvalue weighted by Gasteiger charge is 2.23. The average molecular weight is 263 g/mol. The van der Waals surface area contributed by atoms with Crippen molar-refractivity contribution in [1.29, 1.82) is 0 Å². The highest BCUT2D eigenvalue weighted by molar-refractivity contribution is 5.35. The molecular weight excluding hydrogens is 238 g/mol. The van der Waals surface area contributed by atoms with Crippen LogP contribution < -0.4 is 10.1 Å². The molecule has 106 valence electrons. The van der Waals surface area contributed by atoms with Crippen molar-refractivity contribution in [2.24, 2.45) is 0 Å². The maximum atomic E-state index is 9.57. The third kappa shape index (κ3) is 3.71. The maximum Gasteiger partial charge on any atom is 0.123 e. The highest BCUT2D eigenvalue weighted by atomic mass is 16.5. The standard InChI is InChI=1S/C16H25NO2/c1-3-15(14-6-4-5-7-16(14)19-2)17-12-8-10-13(18)11-9-12/h4-7,12-13,15,17-18H,3,8-11H2,1-2H3. The van der Waals surface area contributed by atoms with E-state index in [1.165, 1.54) is 5.56 Å². The van der Waals surface area contributed by atoms with Gasteiger partial charge in [-0.25, -0.2) is 0 Å².